The summed E-state index contributed by atoms with van der Waals surface area (Å²) in [4.78, 5) is 16.8. The van der Waals surface area contributed by atoms with Gasteiger partial charge in [0.05, 0.1) is 12.5 Å². The largest absolute Gasteiger partial charge is 0.472 e. The molecule has 0 spiro atoms. The number of hydrogen-bond donors (Lipinski definition) is 0. The smallest absolute Gasteiger partial charge is 0.231 e. The zero-order valence-electron chi connectivity index (χ0n) is 11.9. The van der Waals surface area contributed by atoms with Crippen LogP contribution in [0.25, 0.3) is 0 Å². The Kier molecular flexibility index (Phi) is 4.79. The maximum Gasteiger partial charge on any atom is 0.231 e. The quantitative estimate of drug-likeness (QED) is 0.816. The molecule has 0 unspecified atom stereocenters. The number of anilines is 2. The van der Waals surface area contributed by atoms with Gasteiger partial charge in [0, 0.05) is 32.2 Å². The molecule has 0 saturated heterocycles. The summed E-state index contributed by atoms with van der Waals surface area (Å²) in [6.07, 6.45) is 3.34. The Labute approximate surface area is 123 Å². The number of halogens is 1. The van der Waals surface area contributed by atoms with E-state index in [-0.39, 0.29) is 5.28 Å². The van der Waals surface area contributed by atoms with Crippen molar-refractivity contribution in [2.75, 3.05) is 29.9 Å². The highest BCUT2D eigenvalue weighted by molar-refractivity contribution is 6.28. The topological polar surface area (TPSA) is 58.3 Å². The molecular formula is C13H18ClN5O. The van der Waals surface area contributed by atoms with Gasteiger partial charge >= 0.3 is 0 Å². The Balaban J connectivity index is 2.22. The van der Waals surface area contributed by atoms with Crippen molar-refractivity contribution < 1.29 is 4.42 Å². The molecule has 2 aromatic heterocycles. The van der Waals surface area contributed by atoms with E-state index in [2.05, 4.69) is 28.8 Å². The van der Waals surface area contributed by atoms with Crippen LogP contribution in [0.3, 0.4) is 0 Å². The Bertz CT molecular complexity index is 542. The highest BCUT2D eigenvalue weighted by atomic mass is 35.5. The van der Waals surface area contributed by atoms with Gasteiger partial charge in [-0.05, 0) is 31.5 Å². The van der Waals surface area contributed by atoms with Gasteiger partial charge in [0.1, 0.15) is 0 Å². The summed E-state index contributed by atoms with van der Waals surface area (Å²) >= 11 is 6.00. The van der Waals surface area contributed by atoms with Crippen LogP contribution in [0.15, 0.2) is 23.0 Å². The molecule has 0 amide bonds. The van der Waals surface area contributed by atoms with Crippen molar-refractivity contribution in [3.05, 3.63) is 29.4 Å². The summed E-state index contributed by atoms with van der Waals surface area (Å²) in [5.74, 6) is 1.15. The standard InChI is InChI=1S/C13H18ClN5O/c1-4-19(5-2)13-16-11(14)15-12(17-13)18(3)8-10-6-7-20-9-10/h6-7,9H,4-5,8H2,1-3H3. The van der Waals surface area contributed by atoms with Crippen molar-refractivity contribution in [1.82, 2.24) is 15.0 Å². The van der Waals surface area contributed by atoms with Crippen LogP contribution in [-0.2, 0) is 6.54 Å². The Morgan fingerprint density at radius 2 is 1.85 bits per heavy atom. The molecule has 7 heteroatoms. The third kappa shape index (κ3) is 3.39. The van der Waals surface area contributed by atoms with Crippen molar-refractivity contribution in [2.24, 2.45) is 0 Å². The van der Waals surface area contributed by atoms with Crippen molar-refractivity contribution in [1.29, 1.82) is 0 Å². The van der Waals surface area contributed by atoms with Crippen molar-refractivity contribution >= 4 is 23.5 Å². The maximum absolute atomic E-state index is 6.00. The van der Waals surface area contributed by atoms with Crippen molar-refractivity contribution in [2.45, 2.75) is 20.4 Å². The number of rotatable bonds is 6. The van der Waals surface area contributed by atoms with Crippen LogP contribution >= 0.6 is 11.6 Å². The third-order valence-electron chi connectivity index (χ3n) is 2.97. The summed E-state index contributed by atoms with van der Waals surface area (Å²) in [6.45, 7) is 6.39. The van der Waals surface area contributed by atoms with Gasteiger partial charge < -0.3 is 14.2 Å². The molecule has 0 N–H and O–H groups in total. The first-order chi connectivity index (χ1) is 9.63. The van der Waals surface area contributed by atoms with Crippen LogP contribution < -0.4 is 9.80 Å². The van der Waals surface area contributed by atoms with Crippen LogP contribution in [0, 0.1) is 0 Å². The number of hydrogen-bond acceptors (Lipinski definition) is 6. The first-order valence-corrected chi connectivity index (χ1v) is 6.90. The molecule has 2 heterocycles. The number of nitrogens with zero attached hydrogens (tertiary/aromatic N) is 5. The molecule has 0 aliphatic heterocycles. The van der Waals surface area contributed by atoms with E-state index in [1.165, 1.54) is 0 Å². The van der Waals surface area contributed by atoms with Crippen LogP contribution in [0.1, 0.15) is 19.4 Å². The second-order valence-corrected chi connectivity index (χ2v) is 4.70. The molecule has 0 aliphatic carbocycles. The van der Waals surface area contributed by atoms with E-state index in [1.54, 1.807) is 12.5 Å². The van der Waals surface area contributed by atoms with Crippen molar-refractivity contribution in [3.63, 3.8) is 0 Å². The number of furan rings is 1. The highest BCUT2D eigenvalue weighted by Gasteiger charge is 2.13. The van der Waals surface area contributed by atoms with E-state index >= 15 is 0 Å². The molecule has 0 aliphatic rings. The lowest BCUT2D eigenvalue weighted by Crippen LogP contribution is -2.26. The average Bonchev–Trinajstić information content (AvgIpc) is 2.92. The Morgan fingerprint density at radius 1 is 1.15 bits per heavy atom. The normalized spacial score (nSPS) is 10.6. The molecule has 6 nitrogen and oxygen atoms in total. The fourth-order valence-corrected chi connectivity index (χ4v) is 2.03. The van der Waals surface area contributed by atoms with Gasteiger partial charge in [-0.15, -0.1) is 0 Å². The van der Waals surface area contributed by atoms with Crippen LogP contribution in [0.4, 0.5) is 11.9 Å². The van der Waals surface area contributed by atoms with Crippen LogP contribution in [0.2, 0.25) is 5.28 Å². The van der Waals surface area contributed by atoms with Gasteiger partial charge in [-0.1, -0.05) is 0 Å². The second-order valence-electron chi connectivity index (χ2n) is 4.36. The molecular weight excluding hydrogens is 278 g/mol. The van der Waals surface area contributed by atoms with E-state index in [0.29, 0.717) is 18.4 Å². The van der Waals surface area contributed by atoms with Gasteiger partial charge in [-0.25, -0.2) is 0 Å². The second kappa shape index (κ2) is 6.56. The molecule has 0 atom stereocenters. The average molecular weight is 296 g/mol. The Hall–Kier alpha value is -1.82. The zero-order valence-corrected chi connectivity index (χ0v) is 12.6. The van der Waals surface area contributed by atoms with E-state index in [4.69, 9.17) is 16.0 Å². The molecule has 108 valence electrons. The zero-order chi connectivity index (χ0) is 14.5. The minimum absolute atomic E-state index is 0.205. The van der Waals surface area contributed by atoms with Gasteiger partial charge in [0.25, 0.3) is 0 Å². The summed E-state index contributed by atoms with van der Waals surface area (Å²) in [6, 6.07) is 1.91. The SMILES string of the molecule is CCN(CC)c1nc(Cl)nc(N(C)Cc2ccoc2)n1. The predicted molar refractivity (Wildman–Crippen MR) is 79.2 cm³/mol. The van der Waals surface area contributed by atoms with Gasteiger partial charge in [0.15, 0.2) is 0 Å². The van der Waals surface area contributed by atoms with Gasteiger partial charge in [-0.3, -0.25) is 0 Å². The van der Waals surface area contributed by atoms with E-state index in [0.717, 1.165) is 18.7 Å². The summed E-state index contributed by atoms with van der Waals surface area (Å²) < 4.78 is 5.06. The molecule has 0 fully saturated rings. The van der Waals surface area contributed by atoms with E-state index in [1.807, 2.05) is 22.9 Å². The highest BCUT2D eigenvalue weighted by Crippen LogP contribution is 2.17. The summed E-state index contributed by atoms with van der Waals surface area (Å²) in [5, 5.41) is 0.205. The molecule has 2 rings (SSSR count). The van der Waals surface area contributed by atoms with Crippen LogP contribution in [-0.4, -0.2) is 35.1 Å². The Morgan fingerprint density at radius 3 is 2.45 bits per heavy atom. The summed E-state index contributed by atoms with van der Waals surface area (Å²) in [7, 11) is 1.91. The minimum atomic E-state index is 0.205. The molecule has 0 bridgehead atoms. The fraction of sp³-hybridized carbons (Fsp3) is 0.462. The van der Waals surface area contributed by atoms with Crippen LogP contribution in [0.5, 0.6) is 0 Å². The van der Waals surface area contributed by atoms with Gasteiger partial charge in [0.2, 0.25) is 17.2 Å². The van der Waals surface area contributed by atoms with E-state index < -0.39 is 0 Å². The first kappa shape index (κ1) is 14.6. The monoisotopic (exact) mass is 295 g/mol. The lowest BCUT2D eigenvalue weighted by Gasteiger charge is -2.21. The molecule has 0 radical (unpaired) electrons. The maximum atomic E-state index is 6.00. The minimum Gasteiger partial charge on any atom is -0.472 e. The fourth-order valence-electron chi connectivity index (χ4n) is 1.88. The lowest BCUT2D eigenvalue weighted by molar-refractivity contribution is 0.563. The third-order valence-corrected chi connectivity index (χ3v) is 3.14. The molecule has 2 aromatic rings. The number of aromatic nitrogens is 3. The molecule has 0 saturated carbocycles. The van der Waals surface area contributed by atoms with Gasteiger partial charge in [-0.2, -0.15) is 15.0 Å². The lowest BCUT2D eigenvalue weighted by atomic mass is 10.3. The van der Waals surface area contributed by atoms with Crippen molar-refractivity contribution in [3.8, 4) is 0 Å². The predicted octanol–water partition coefficient (Wildman–Crippen LogP) is 2.60. The summed E-state index contributed by atoms with van der Waals surface area (Å²) in [5.41, 5.74) is 1.05. The molecule has 20 heavy (non-hydrogen) atoms. The molecule has 0 aromatic carbocycles. The first-order valence-electron chi connectivity index (χ1n) is 6.52. The van der Waals surface area contributed by atoms with E-state index in [9.17, 15) is 0 Å².